The van der Waals surface area contributed by atoms with Crippen molar-refractivity contribution in [2.75, 3.05) is 13.1 Å². The van der Waals surface area contributed by atoms with Gasteiger partial charge in [0.05, 0.1) is 5.92 Å². The van der Waals surface area contributed by atoms with Crippen molar-refractivity contribution < 1.29 is 14.7 Å². The first-order chi connectivity index (χ1) is 9.45. The molecule has 5 nitrogen and oxygen atoms in total. The van der Waals surface area contributed by atoms with Crippen molar-refractivity contribution in [1.82, 2.24) is 4.90 Å². The number of nitrogens with zero attached hydrogens (tertiary/aromatic N) is 1. The summed E-state index contributed by atoms with van der Waals surface area (Å²) >= 11 is 0. The summed E-state index contributed by atoms with van der Waals surface area (Å²) in [6.45, 7) is 5.30. The van der Waals surface area contributed by atoms with E-state index in [9.17, 15) is 9.59 Å². The summed E-state index contributed by atoms with van der Waals surface area (Å²) in [6, 6.07) is 0.0774. The molecule has 0 aromatic carbocycles. The van der Waals surface area contributed by atoms with Crippen molar-refractivity contribution in [3.8, 4) is 0 Å². The summed E-state index contributed by atoms with van der Waals surface area (Å²) in [5, 5.41) is 8.82. The monoisotopic (exact) mass is 284 g/mol. The van der Waals surface area contributed by atoms with Crippen LogP contribution in [0.15, 0.2) is 0 Å². The summed E-state index contributed by atoms with van der Waals surface area (Å²) in [5.74, 6) is -0.355. The highest BCUT2D eigenvalue weighted by Gasteiger charge is 2.31. The molecule has 0 radical (unpaired) electrons. The number of aliphatic carboxylic acids is 1. The third-order valence-electron chi connectivity index (χ3n) is 3.99. The molecule has 1 rings (SSSR count). The van der Waals surface area contributed by atoms with Crippen LogP contribution >= 0.6 is 0 Å². The van der Waals surface area contributed by atoms with E-state index < -0.39 is 5.97 Å². The van der Waals surface area contributed by atoms with Gasteiger partial charge in [0, 0.05) is 25.6 Å². The predicted octanol–water partition coefficient (Wildman–Crippen LogP) is 1.85. The second kappa shape index (κ2) is 8.25. The van der Waals surface area contributed by atoms with E-state index in [0.29, 0.717) is 18.9 Å². The van der Waals surface area contributed by atoms with Gasteiger partial charge in [0.2, 0.25) is 5.91 Å². The Morgan fingerprint density at radius 3 is 2.60 bits per heavy atom. The van der Waals surface area contributed by atoms with Gasteiger partial charge in [0.15, 0.2) is 0 Å². The number of carboxylic acid groups (broad SMARTS) is 1. The first-order valence-corrected chi connectivity index (χ1v) is 7.68. The van der Waals surface area contributed by atoms with Crippen molar-refractivity contribution in [2.24, 2.45) is 17.6 Å². The van der Waals surface area contributed by atoms with E-state index in [1.165, 1.54) is 0 Å². The minimum absolute atomic E-state index is 0.0774. The third kappa shape index (κ3) is 5.12. The van der Waals surface area contributed by atoms with Crippen molar-refractivity contribution >= 4 is 11.9 Å². The zero-order valence-electron chi connectivity index (χ0n) is 12.7. The molecule has 1 aliphatic heterocycles. The number of carbonyl (C=O) groups is 2. The number of likely N-dealkylation sites (tertiary alicyclic amines) is 1. The van der Waals surface area contributed by atoms with Gasteiger partial charge < -0.3 is 15.7 Å². The average Bonchev–Trinajstić information content (AvgIpc) is 2.41. The van der Waals surface area contributed by atoms with Gasteiger partial charge in [-0.15, -0.1) is 0 Å². The molecular weight excluding hydrogens is 256 g/mol. The quantitative estimate of drug-likeness (QED) is 0.747. The van der Waals surface area contributed by atoms with Crippen LogP contribution in [0.25, 0.3) is 0 Å². The van der Waals surface area contributed by atoms with Crippen LogP contribution in [-0.4, -0.2) is 41.0 Å². The highest BCUT2D eigenvalue weighted by Crippen LogP contribution is 2.24. The maximum absolute atomic E-state index is 12.6. The van der Waals surface area contributed by atoms with Crippen LogP contribution in [0, 0.1) is 11.8 Å². The Hall–Kier alpha value is -1.10. The lowest BCUT2D eigenvalue weighted by molar-refractivity contribution is -0.142. The van der Waals surface area contributed by atoms with E-state index in [2.05, 4.69) is 13.8 Å². The number of nitrogens with two attached hydrogens (primary N) is 1. The van der Waals surface area contributed by atoms with Gasteiger partial charge in [0.25, 0.3) is 0 Å². The van der Waals surface area contributed by atoms with Gasteiger partial charge in [0.1, 0.15) is 0 Å². The van der Waals surface area contributed by atoms with Gasteiger partial charge in [-0.3, -0.25) is 9.59 Å². The van der Waals surface area contributed by atoms with Crippen LogP contribution in [0.5, 0.6) is 0 Å². The Balaban J connectivity index is 2.67. The Morgan fingerprint density at radius 2 is 2.05 bits per heavy atom. The van der Waals surface area contributed by atoms with Crippen LogP contribution in [0.2, 0.25) is 0 Å². The molecule has 1 fully saturated rings. The summed E-state index contributed by atoms with van der Waals surface area (Å²) < 4.78 is 0. The van der Waals surface area contributed by atoms with E-state index in [1.54, 1.807) is 0 Å². The molecule has 2 atom stereocenters. The summed E-state index contributed by atoms with van der Waals surface area (Å²) in [4.78, 5) is 25.2. The standard InChI is InChI=1S/C15H28N2O3/c1-11(2)9-12(10-16)15(20)17-8-4-3-5-13(17)6-7-14(18)19/h11-13H,3-10,16H2,1-2H3,(H,18,19). The molecule has 0 aromatic rings. The van der Waals surface area contributed by atoms with E-state index in [-0.39, 0.29) is 24.3 Å². The average molecular weight is 284 g/mol. The van der Waals surface area contributed by atoms with Gasteiger partial charge in [-0.05, 0) is 38.0 Å². The molecule has 0 aliphatic carbocycles. The van der Waals surface area contributed by atoms with Gasteiger partial charge >= 0.3 is 5.97 Å². The normalized spacial score (nSPS) is 21.0. The largest absolute Gasteiger partial charge is 0.481 e. The third-order valence-corrected chi connectivity index (χ3v) is 3.99. The Labute approximate surface area is 121 Å². The lowest BCUT2D eigenvalue weighted by Gasteiger charge is -2.38. The first kappa shape index (κ1) is 17.0. The lowest BCUT2D eigenvalue weighted by atomic mass is 9.92. The van der Waals surface area contributed by atoms with Crippen LogP contribution in [0.1, 0.15) is 52.4 Å². The smallest absolute Gasteiger partial charge is 0.303 e. The fourth-order valence-electron chi connectivity index (χ4n) is 2.98. The van der Waals surface area contributed by atoms with Crippen LogP contribution in [0.4, 0.5) is 0 Å². The zero-order valence-corrected chi connectivity index (χ0v) is 12.7. The maximum Gasteiger partial charge on any atom is 0.303 e. The first-order valence-electron chi connectivity index (χ1n) is 7.68. The molecule has 1 heterocycles. The van der Waals surface area contributed by atoms with Crippen LogP contribution < -0.4 is 5.73 Å². The van der Waals surface area contributed by atoms with Crippen LogP contribution in [0.3, 0.4) is 0 Å². The Bertz CT molecular complexity index is 331. The topological polar surface area (TPSA) is 83.6 Å². The molecule has 20 heavy (non-hydrogen) atoms. The molecule has 0 spiro atoms. The second-order valence-electron chi connectivity index (χ2n) is 6.18. The van der Waals surface area contributed by atoms with Crippen molar-refractivity contribution in [3.05, 3.63) is 0 Å². The van der Waals surface area contributed by atoms with E-state index in [4.69, 9.17) is 10.8 Å². The highest BCUT2D eigenvalue weighted by atomic mass is 16.4. The summed E-state index contributed by atoms with van der Waals surface area (Å²) in [7, 11) is 0. The fraction of sp³-hybridized carbons (Fsp3) is 0.867. The van der Waals surface area contributed by atoms with Crippen LogP contribution in [-0.2, 0) is 9.59 Å². The number of hydrogen-bond acceptors (Lipinski definition) is 3. The molecule has 1 aliphatic rings. The molecule has 0 bridgehead atoms. The molecular formula is C15H28N2O3. The number of hydrogen-bond donors (Lipinski definition) is 2. The number of amides is 1. The molecule has 1 amide bonds. The summed E-state index contributed by atoms with van der Waals surface area (Å²) in [6.07, 6.45) is 4.49. The molecule has 1 saturated heterocycles. The van der Waals surface area contributed by atoms with Gasteiger partial charge in [-0.1, -0.05) is 13.8 Å². The number of carboxylic acids is 1. The van der Waals surface area contributed by atoms with Gasteiger partial charge in [-0.2, -0.15) is 0 Å². The minimum atomic E-state index is -0.791. The lowest BCUT2D eigenvalue weighted by Crippen LogP contribution is -2.48. The SMILES string of the molecule is CC(C)CC(CN)C(=O)N1CCCCC1CCC(=O)O. The van der Waals surface area contributed by atoms with E-state index in [1.807, 2.05) is 4.90 Å². The molecule has 0 saturated carbocycles. The van der Waals surface area contributed by atoms with Crippen molar-refractivity contribution in [1.29, 1.82) is 0 Å². The zero-order chi connectivity index (χ0) is 15.1. The Morgan fingerprint density at radius 1 is 1.35 bits per heavy atom. The number of rotatable bonds is 7. The highest BCUT2D eigenvalue weighted by molar-refractivity contribution is 5.79. The van der Waals surface area contributed by atoms with E-state index in [0.717, 1.165) is 32.2 Å². The molecule has 5 heteroatoms. The van der Waals surface area contributed by atoms with Crippen molar-refractivity contribution in [3.63, 3.8) is 0 Å². The fourth-order valence-corrected chi connectivity index (χ4v) is 2.98. The molecule has 116 valence electrons. The molecule has 2 unspecified atom stereocenters. The molecule has 3 N–H and O–H groups in total. The van der Waals surface area contributed by atoms with Gasteiger partial charge in [-0.25, -0.2) is 0 Å². The van der Waals surface area contributed by atoms with E-state index >= 15 is 0 Å². The van der Waals surface area contributed by atoms with Crippen molar-refractivity contribution in [2.45, 2.75) is 58.4 Å². The summed E-state index contributed by atoms with van der Waals surface area (Å²) in [5.41, 5.74) is 5.75. The predicted molar refractivity (Wildman–Crippen MR) is 78.2 cm³/mol. The maximum atomic E-state index is 12.6. The minimum Gasteiger partial charge on any atom is -0.481 e. The Kier molecular flexibility index (Phi) is 6.99. The number of carbonyl (C=O) groups excluding carboxylic acids is 1. The number of piperidine rings is 1. The second-order valence-corrected chi connectivity index (χ2v) is 6.18. The molecule has 0 aromatic heterocycles.